The molecular formula is C5H12ClNO3. The molecule has 0 bridgehead atoms. The third-order valence-corrected chi connectivity index (χ3v) is 0.963. The summed E-state index contributed by atoms with van der Waals surface area (Å²) in [5.41, 5.74) is 5.13. The SMILES string of the molecule is COC(=O)C(CN)OC.Cl. The molecule has 0 amide bonds. The van der Waals surface area contributed by atoms with Crippen molar-refractivity contribution in [3.63, 3.8) is 0 Å². The van der Waals surface area contributed by atoms with Crippen LogP contribution >= 0.6 is 12.4 Å². The number of hydrogen-bond acceptors (Lipinski definition) is 4. The van der Waals surface area contributed by atoms with E-state index in [0.29, 0.717) is 0 Å². The Kier molecular flexibility index (Phi) is 8.40. The second kappa shape index (κ2) is 6.80. The second-order valence-electron chi connectivity index (χ2n) is 1.48. The van der Waals surface area contributed by atoms with Gasteiger partial charge in [0, 0.05) is 13.7 Å². The van der Waals surface area contributed by atoms with Crippen molar-refractivity contribution in [3.05, 3.63) is 0 Å². The molecule has 0 aromatic heterocycles. The summed E-state index contributed by atoms with van der Waals surface area (Å²) in [7, 11) is 2.71. The molecule has 0 rings (SSSR count). The molecule has 0 aliphatic carbocycles. The molecule has 0 saturated carbocycles. The number of hydrogen-bond donors (Lipinski definition) is 1. The third kappa shape index (κ3) is 3.66. The summed E-state index contributed by atoms with van der Waals surface area (Å²) >= 11 is 0. The molecule has 0 aromatic rings. The van der Waals surface area contributed by atoms with Gasteiger partial charge in [0.05, 0.1) is 7.11 Å². The highest BCUT2D eigenvalue weighted by Gasteiger charge is 2.14. The van der Waals surface area contributed by atoms with Gasteiger partial charge in [-0.3, -0.25) is 0 Å². The normalized spacial score (nSPS) is 11.5. The van der Waals surface area contributed by atoms with E-state index in [1.165, 1.54) is 14.2 Å². The van der Waals surface area contributed by atoms with Crippen LogP contribution in [0.3, 0.4) is 0 Å². The largest absolute Gasteiger partial charge is 0.467 e. The lowest BCUT2D eigenvalue weighted by molar-refractivity contribution is -0.151. The molecule has 10 heavy (non-hydrogen) atoms. The summed E-state index contributed by atoms with van der Waals surface area (Å²) in [5, 5.41) is 0. The predicted molar refractivity (Wildman–Crippen MR) is 39.1 cm³/mol. The molecule has 0 radical (unpaired) electrons. The van der Waals surface area contributed by atoms with Gasteiger partial charge in [-0.2, -0.15) is 0 Å². The zero-order chi connectivity index (χ0) is 7.28. The molecule has 1 unspecified atom stereocenters. The monoisotopic (exact) mass is 169 g/mol. The highest BCUT2D eigenvalue weighted by Crippen LogP contribution is 1.88. The van der Waals surface area contributed by atoms with Crippen molar-refractivity contribution in [2.24, 2.45) is 5.73 Å². The predicted octanol–water partition coefficient (Wildman–Crippen LogP) is -0.445. The summed E-state index contributed by atoms with van der Waals surface area (Å²) in [6, 6.07) is 0. The Morgan fingerprint density at radius 3 is 2.20 bits per heavy atom. The fraction of sp³-hybridized carbons (Fsp3) is 0.800. The van der Waals surface area contributed by atoms with Crippen LogP contribution in [-0.4, -0.2) is 32.8 Å². The number of nitrogens with two attached hydrogens (primary N) is 1. The summed E-state index contributed by atoms with van der Waals surface area (Å²) in [4.78, 5) is 10.5. The van der Waals surface area contributed by atoms with Gasteiger partial charge >= 0.3 is 5.97 Å². The van der Waals surface area contributed by atoms with Gasteiger partial charge in [-0.05, 0) is 0 Å². The van der Waals surface area contributed by atoms with Crippen molar-refractivity contribution in [2.45, 2.75) is 6.10 Å². The Balaban J connectivity index is 0. The van der Waals surface area contributed by atoms with Crippen molar-refractivity contribution in [1.29, 1.82) is 0 Å². The Morgan fingerprint density at radius 1 is 1.60 bits per heavy atom. The van der Waals surface area contributed by atoms with Crippen LogP contribution in [0.4, 0.5) is 0 Å². The van der Waals surface area contributed by atoms with Gasteiger partial charge in [-0.1, -0.05) is 0 Å². The molecule has 0 heterocycles. The number of carbonyl (C=O) groups is 1. The lowest BCUT2D eigenvalue weighted by atomic mass is 10.4. The van der Waals surface area contributed by atoms with Crippen LogP contribution in [0.15, 0.2) is 0 Å². The minimum absolute atomic E-state index is 0. The first-order valence-electron chi connectivity index (χ1n) is 2.57. The number of carbonyl (C=O) groups excluding carboxylic acids is 1. The maximum Gasteiger partial charge on any atom is 0.336 e. The Bertz CT molecular complexity index is 94.9. The van der Waals surface area contributed by atoms with Crippen LogP contribution < -0.4 is 5.73 Å². The van der Waals surface area contributed by atoms with Crippen LogP contribution in [0.25, 0.3) is 0 Å². The van der Waals surface area contributed by atoms with E-state index in [-0.39, 0.29) is 19.0 Å². The molecule has 0 spiro atoms. The first-order valence-corrected chi connectivity index (χ1v) is 2.57. The van der Waals surface area contributed by atoms with E-state index in [0.717, 1.165) is 0 Å². The van der Waals surface area contributed by atoms with E-state index >= 15 is 0 Å². The first-order chi connectivity index (χ1) is 4.26. The molecule has 0 saturated heterocycles. The van der Waals surface area contributed by atoms with Crippen molar-refractivity contribution in [3.8, 4) is 0 Å². The lowest BCUT2D eigenvalue weighted by Gasteiger charge is -2.08. The Morgan fingerprint density at radius 2 is 2.10 bits per heavy atom. The third-order valence-electron chi connectivity index (χ3n) is 0.963. The topological polar surface area (TPSA) is 61.5 Å². The summed E-state index contributed by atoms with van der Waals surface area (Å²) < 4.78 is 9.00. The van der Waals surface area contributed by atoms with E-state index in [1.54, 1.807) is 0 Å². The molecule has 1 atom stereocenters. The number of esters is 1. The van der Waals surface area contributed by atoms with Crippen LogP contribution in [0, 0.1) is 0 Å². The molecule has 0 aliphatic heterocycles. The van der Waals surface area contributed by atoms with E-state index in [9.17, 15) is 4.79 Å². The van der Waals surface area contributed by atoms with Crippen molar-refractivity contribution in [2.75, 3.05) is 20.8 Å². The maximum atomic E-state index is 10.5. The fourth-order valence-electron chi connectivity index (χ4n) is 0.420. The van der Waals surface area contributed by atoms with Crippen molar-refractivity contribution < 1.29 is 14.3 Å². The van der Waals surface area contributed by atoms with E-state index < -0.39 is 12.1 Å². The minimum Gasteiger partial charge on any atom is -0.467 e. The average Bonchev–Trinajstić information content (AvgIpc) is 1.90. The van der Waals surface area contributed by atoms with Crippen molar-refractivity contribution in [1.82, 2.24) is 0 Å². The first kappa shape index (κ1) is 12.4. The highest BCUT2D eigenvalue weighted by molar-refractivity contribution is 5.85. The Labute approximate surface area is 66.1 Å². The standard InChI is InChI=1S/C5H11NO3.ClH/c1-8-4(3-6)5(7)9-2;/h4H,3,6H2,1-2H3;1H. The highest BCUT2D eigenvalue weighted by atomic mass is 35.5. The molecule has 4 nitrogen and oxygen atoms in total. The summed E-state index contributed by atoms with van der Waals surface area (Å²) in [5.74, 6) is -0.431. The molecule has 5 heteroatoms. The van der Waals surface area contributed by atoms with E-state index in [2.05, 4.69) is 9.47 Å². The van der Waals surface area contributed by atoms with Crippen LogP contribution in [-0.2, 0) is 14.3 Å². The van der Waals surface area contributed by atoms with Gasteiger partial charge in [-0.25, -0.2) is 4.79 Å². The summed E-state index contributed by atoms with van der Waals surface area (Å²) in [6.45, 7) is 0.156. The van der Waals surface area contributed by atoms with Crippen LogP contribution in [0.2, 0.25) is 0 Å². The zero-order valence-electron chi connectivity index (χ0n) is 5.99. The fourth-order valence-corrected chi connectivity index (χ4v) is 0.420. The molecule has 2 N–H and O–H groups in total. The number of rotatable bonds is 3. The number of ether oxygens (including phenoxy) is 2. The molecule has 0 fully saturated rings. The van der Waals surface area contributed by atoms with E-state index in [1.807, 2.05) is 0 Å². The van der Waals surface area contributed by atoms with Gasteiger partial charge in [0.1, 0.15) is 0 Å². The van der Waals surface area contributed by atoms with Gasteiger partial charge in [0.2, 0.25) is 0 Å². The quantitative estimate of drug-likeness (QED) is 0.582. The van der Waals surface area contributed by atoms with Crippen LogP contribution in [0.5, 0.6) is 0 Å². The lowest BCUT2D eigenvalue weighted by Crippen LogP contribution is -2.32. The number of methoxy groups -OCH3 is 2. The smallest absolute Gasteiger partial charge is 0.336 e. The Hall–Kier alpha value is -0.320. The van der Waals surface area contributed by atoms with E-state index in [4.69, 9.17) is 5.73 Å². The molecule has 0 aromatic carbocycles. The van der Waals surface area contributed by atoms with Crippen LogP contribution in [0.1, 0.15) is 0 Å². The average molecular weight is 170 g/mol. The van der Waals surface area contributed by atoms with Gasteiger partial charge in [0.15, 0.2) is 6.10 Å². The summed E-state index contributed by atoms with van der Waals surface area (Å²) in [6.07, 6.45) is -0.616. The van der Waals surface area contributed by atoms with Crippen molar-refractivity contribution >= 4 is 18.4 Å². The van der Waals surface area contributed by atoms with Gasteiger partial charge in [-0.15, -0.1) is 12.4 Å². The van der Waals surface area contributed by atoms with Gasteiger partial charge < -0.3 is 15.2 Å². The molecule has 0 aliphatic rings. The number of halogens is 1. The molecule has 62 valence electrons. The minimum atomic E-state index is -0.616. The van der Waals surface area contributed by atoms with Gasteiger partial charge in [0.25, 0.3) is 0 Å². The maximum absolute atomic E-state index is 10.5. The second-order valence-corrected chi connectivity index (χ2v) is 1.48. The zero-order valence-corrected chi connectivity index (χ0v) is 6.81. The molecular weight excluding hydrogens is 158 g/mol.